The lowest BCUT2D eigenvalue weighted by Gasteiger charge is -2.39. The molecule has 8 rings (SSSR count). The van der Waals surface area contributed by atoms with Gasteiger partial charge in [0.15, 0.2) is 5.54 Å². The van der Waals surface area contributed by atoms with Crippen molar-refractivity contribution in [2.24, 2.45) is 28.7 Å². The maximum atomic E-state index is 14.5. The van der Waals surface area contributed by atoms with Crippen LogP contribution in [0, 0.1) is 23.7 Å². The number of nitrogens with one attached hydrogen (secondary N) is 1. The van der Waals surface area contributed by atoms with Gasteiger partial charge in [-0.15, -0.1) is 0 Å². The summed E-state index contributed by atoms with van der Waals surface area (Å²) in [5, 5.41) is 3.66. The normalized spacial score (nSPS) is 43.9. The Balaban J connectivity index is 1.09. The van der Waals surface area contributed by atoms with Gasteiger partial charge < -0.3 is 5.32 Å². The topological polar surface area (TPSA) is 30.9 Å². The van der Waals surface area contributed by atoms with Crippen LogP contribution in [-0.2, 0) is 0 Å². The van der Waals surface area contributed by atoms with Gasteiger partial charge in [-0.05, 0) is 63.1 Å². The molecule has 6 aliphatic heterocycles. The van der Waals surface area contributed by atoms with Gasteiger partial charge in [0.1, 0.15) is 23.8 Å². The Morgan fingerprint density at radius 2 is 2.11 bits per heavy atom. The largest absolute Gasteiger partial charge is 0.316 e. The minimum atomic E-state index is 0.0499. The van der Waals surface area contributed by atoms with Crippen molar-refractivity contribution in [3.8, 4) is 0 Å². The van der Waals surface area contributed by atoms with Gasteiger partial charge in [-0.25, -0.2) is 8.87 Å². The van der Waals surface area contributed by atoms with Crippen LogP contribution >= 0.6 is 0 Å². The lowest BCUT2D eigenvalue weighted by atomic mass is 9.83. The Kier molecular flexibility index (Phi) is 5.90. The average Bonchev–Trinajstić information content (AvgIpc) is 3.27. The molecule has 0 aromatic carbocycles. The van der Waals surface area contributed by atoms with E-state index in [1.54, 1.807) is 5.70 Å². The Morgan fingerprint density at radius 3 is 2.92 bits per heavy atom. The van der Waals surface area contributed by atoms with Crippen LogP contribution in [0.3, 0.4) is 0 Å². The van der Waals surface area contributed by atoms with Gasteiger partial charge in [0.05, 0.1) is 0 Å². The zero-order valence-corrected chi connectivity index (χ0v) is 23.5. The van der Waals surface area contributed by atoms with Crippen molar-refractivity contribution in [3.63, 3.8) is 0 Å². The fourth-order valence-corrected chi connectivity index (χ4v) is 9.39. The number of halogens is 1. The van der Waals surface area contributed by atoms with Crippen molar-refractivity contribution in [2.45, 2.75) is 83.8 Å². The number of hydrogen-bond acceptors (Lipinski definition) is 4. The van der Waals surface area contributed by atoms with E-state index in [-0.39, 0.29) is 11.7 Å². The van der Waals surface area contributed by atoms with Crippen molar-refractivity contribution < 1.29 is 8.87 Å². The van der Waals surface area contributed by atoms with E-state index >= 15 is 0 Å². The number of allylic oxidation sites excluding steroid dienone is 3. The van der Waals surface area contributed by atoms with Gasteiger partial charge >= 0.3 is 0 Å². The van der Waals surface area contributed by atoms with Crippen molar-refractivity contribution in [3.05, 3.63) is 34.9 Å². The minimum absolute atomic E-state index is 0.0499. The second kappa shape index (κ2) is 8.84. The number of rotatable bonds is 4. The Bertz CT molecular complexity index is 1090. The molecule has 5 fully saturated rings. The number of hydrogen-bond donors (Lipinski definition) is 1. The highest BCUT2D eigenvalue weighted by atomic mass is 19.1. The first-order valence-electron chi connectivity index (χ1n) is 15.2. The molecule has 0 aromatic rings. The molecule has 6 heteroatoms. The summed E-state index contributed by atoms with van der Waals surface area (Å²) < 4.78 is 15.6. The average molecular weight is 509 g/mol. The second-order valence-electron chi connectivity index (χ2n) is 13.9. The molecule has 202 valence electrons. The minimum Gasteiger partial charge on any atom is -0.316 e. The molecule has 1 N–H and O–H groups in total. The van der Waals surface area contributed by atoms with Gasteiger partial charge in [0, 0.05) is 82.8 Å². The predicted octanol–water partition coefficient (Wildman–Crippen LogP) is 4.84. The number of aliphatic imine (C=N–C) groups is 1. The number of nitrogens with zero attached hydrogens (tertiary/aromatic N) is 4. The van der Waals surface area contributed by atoms with Crippen LogP contribution in [0.15, 0.2) is 39.9 Å². The van der Waals surface area contributed by atoms with Crippen molar-refractivity contribution in [2.75, 3.05) is 45.8 Å². The van der Waals surface area contributed by atoms with Crippen LogP contribution in [0.2, 0.25) is 0 Å². The van der Waals surface area contributed by atoms with Crippen LogP contribution in [0.5, 0.6) is 0 Å². The van der Waals surface area contributed by atoms with E-state index in [2.05, 4.69) is 42.0 Å². The highest BCUT2D eigenvalue weighted by molar-refractivity contribution is 5.80. The monoisotopic (exact) mass is 508 g/mol. The molecule has 2 aliphatic carbocycles. The summed E-state index contributed by atoms with van der Waals surface area (Å²) in [6, 6.07) is 1.29. The summed E-state index contributed by atoms with van der Waals surface area (Å²) in [5.74, 6) is 3.37. The number of piperidine rings is 1. The van der Waals surface area contributed by atoms with E-state index in [0.29, 0.717) is 29.5 Å². The molecule has 0 amide bonds. The lowest BCUT2D eigenvalue weighted by Crippen LogP contribution is -2.46. The Morgan fingerprint density at radius 1 is 1.24 bits per heavy atom. The van der Waals surface area contributed by atoms with Crippen LogP contribution in [0.4, 0.5) is 4.39 Å². The van der Waals surface area contributed by atoms with Gasteiger partial charge in [-0.1, -0.05) is 13.0 Å². The van der Waals surface area contributed by atoms with Gasteiger partial charge in [0.2, 0.25) is 5.84 Å². The fraction of sp³-hybridized carbons (Fsp3) is 0.774. The number of quaternary nitrogens is 1. The van der Waals surface area contributed by atoms with E-state index in [9.17, 15) is 4.39 Å². The summed E-state index contributed by atoms with van der Waals surface area (Å²) in [6.07, 6.45) is 11.7. The van der Waals surface area contributed by atoms with E-state index in [4.69, 9.17) is 4.99 Å². The molecule has 3 unspecified atom stereocenters. The van der Waals surface area contributed by atoms with Crippen LogP contribution < -0.4 is 5.32 Å². The smallest absolute Gasteiger partial charge is 0.205 e. The van der Waals surface area contributed by atoms with E-state index in [0.717, 1.165) is 36.5 Å². The fourth-order valence-electron chi connectivity index (χ4n) is 9.39. The molecule has 2 bridgehead atoms. The van der Waals surface area contributed by atoms with E-state index in [1.165, 1.54) is 75.4 Å². The number of amidine groups is 1. The molecule has 7 atom stereocenters. The predicted molar refractivity (Wildman–Crippen MR) is 148 cm³/mol. The molecule has 2 spiro atoms. The summed E-state index contributed by atoms with van der Waals surface area (Å²) in [5.41, 5.74) is 4.73. The summed E-state index contributed by atoms with van der Waals surface area (Å²) in [4.78, 5) is 10.7. The zero-order chi connectivity index (χ0) is 25.5. The first-order chi connectivity index (χ1) is 17.8. The molecular formula is C31H47FN5+. The lowest BCUT2D eigenvalue weighted by molar-refractivity contribution is -0.693. The van der Waals surface area contributed by atoms with Gasteiger partial charge in [-0.2, -0.15) is 4.99 Å². The van der Waals surface area contributed by atoms with Crippen molar-refractivity contribution in [1.82, 2.24) is 15.1 Å². The molecule has 6 heterocycles. The third-order valence-corrected chi connectivity index (χ3v) is 11.5. The van der Waals surface area contributed by atoms with Crippen molar-refractivity contribution >= 4 is 5.84 Å². The number of fused-ring (bicyclic) bond motifs is 3. The summed E-state index contributed by atoms with van der Waals surface area (Å²) in [6.45, 7) is 17.0. The molecule has 0 aromatic heterocycles. The maximum absolute atomic E-state index is 14.5. The summed E-state index contributed by atoms with van der Waals surface area (Å²) >= 11 is 0. The molecular weight excluding hydrogens is 461 g/mol. The van der Waals surface area contributed by atoms with E-state index in [1.807, 2.05) is 13.0 Å². The van der Waals surface area contributed by atoms with Gasteiger partial charge in [0.25, 0.3) is 0 Å². The molecule has 1 saturated carbocycles. The van der Waals surface area contributed by atoms with Crippen LogP contribution in [-0.4, -0.2) is 83.6 Å². The SMILES string of the molecule is CC1=NC2=C(CCN(C(C)C)C2)[N+]12CC21C[C@@H]2CC[C@@H](C1)N(C[C@H]1CNC[C@@H]1C1=CCC(C)C(F)=C1)C2. The molecule has 4 saturated heterocycles. The van der Waals surface area contributed by atoms with Crippen molar-refractivity contribution in [1.29, 1.82) is 0 Å². The second-order valence-corrected chi connectivity index (χ2v) is 13.9. The molecule has 8 aliphatic rings. The quantitative estimate of drug-likeness (QED) is 0.435. The maximum Gasteiger partial charge on any atom is 0.205 e. The Labute approximate surface area is 223 Å². The highest BCUT2D eigenvalue weighted by Gasteiger charge is 2.77. The first-order valence-corrected chi connectivity index (χ1v) is 15.2. The third kappa shape index (κ3) is 3.80. The standard InChI is InChI=1S/C31H47FN5/c1-20(2)35-10-9-30-29(18-35)34-22(4)37(30)19-31(37)12-23-6-8-26(13-31)36(16-23)17-25-14-33-15-27(25)24-7-5-21(3)28(32)11-24/h7,11,20-21,23,25-27,33H,5-6,8-10,12-19H2,1-4H3/q+1/t21?,23-,25+,26-,27+,31?,37?/m0/s1. The molecule has 0 radical (unpaired) electrons. The van der Waals surface area contributed by atoms with E-state index < -0.39 is 0 Å². The Hall–Kier alpha value is -1.34. The first kappa shape index (κ1) is 24.7. The highest BCUT2D eigenvalue weighted by Crippen LogP contribution is 2.61. The van der Waals surface area contributed by atoms with Crippen LogP contribution in [0.25, 0.3) is 0 Å². The third-order valence-electron chi connectivity index (χ3n) is 11.5. The summed E-state index contributed by atoms with van der Waals surface area (Å²) in [7, 11) is 0. The molecule has 37 heavy (non-hydrogen) atoms. The van der Waals surface area contributed by atoms with Crippen LogP contribution in [0.1, 0.15) is 66.2 Å². The van der Waals surface area contributed by atoms with Gasteiger partial charge in [-0.3, -0.25) is 9.80 Å². The zero-order valence-electron chi connectivity index (χ0n) is 23.5. The molecule has 5 nitrogen and oxygen atoms in total.